The average Bonchev–Trinajstić information content (AvgIpc) is 2.94. The number of benzene rings is 1. The Morgan fingerprint density at radius 3 is 2.70 bits per heavy atom. The molecular formula is C17H22N2O4. The zero-order valence-corrected chi connectivity index (χ0v) is 13.9. The summed E-state index contributed by atoms with van der Waals surface area (Å²) in [6.07, 6.45) is 1.82. The fraction of sp³-hybridized carbons (Fsp3) is 0.412. The maximum atomic E-state index is 12.3. The third kappa shape index (κ3) is 4.25. The molecule has 0 aliphatic heterocycles. The van der Waals surface area contributed by atoms with Crippen LogP contribution >= 0.6 is 0 Å². The highest BCUT2D eigenvalue weighted by molar-refractivity contribution is 5.99. The SMILES string of the molecule is CC(C)Oc1cc(C(=O)NCCC(=O)N(C)C)cc2occc12. The summed E-state index contributed by atoms with van der Waals surface area (Å²) in [4.78, 5) is 25.3. The molecule has 0 radical (unpaired) electrons. The second-order valence-electron chi connectivity index (χ2n) is 5.77. The number of nitrogens with zero attached hydrogens (tertiary/aromatic N) is 1. The lowest BCUT2D eigenvalue weighted by Gasteiger charge is -2.13. The number of carbonyl (C=O) groups excluding carboxylic acids is 2. The molecule has 0 spiro atoms. The topological polar surface area (TPSA) is 71.8 Å². The first-order valence-electron chi connectivity index (χ1n) is 7.54. The molecular weight excluding hydrogens is 296 g/mol. The van der Waals surface area contributed by atoms with Crippen molar-refractivity contribution in [3.05, 3.63) is 30.0 Å². The lowest BCUT2D eigenvalue weighted by Crippen LogP contribution is -2.30. The highest BCUT2D eigenvalue weighted by atomic mass is 16.5. The quantitative estimate of drug-likeness (QED) is 0.888. The first-order chi connectivity index (χ1) is 10.9. The van der Waals surface area contributed by atoms with Gasteiger partial charge in [0.15, 0.2) is 0 Å². The monoisotopic (exact) mass is 318 g/mol. The van der Waals surface area contributed by atoms with Gasteiger partial charge in [-0.25, -0.2) is 0 Å². The van der Waals surface area contributed by atoms with E-state index < -0.39 is 0 Å². The Bertz CT molecular complexity index is 704. The Kier molecular flexibility index (Phi) is 5.26. The van der Waals surface area contributed by atoms with Gasteiger partial charge in [0.1, 0.15) is 11.3 Å². The Balaban J connectivity index is 2.12. The number of carbonyl (C=O) groups is 2. The van der Waals surface area contributed by atoms with Gasteiger partial charge in [-0.3, -0.25) is 9.59 Å². The molecule has 6 heteroatoms. The molecule has 0 atom stereocenters. The van der Waals surface area contributed by atoms with Crippen LogP contribution in [0.2, 0.25) is 0 Å². The molecule has 1 aromatic carbocycles. The molecule has 1 heterocycles. The van der Waals surface area contributed by atoms with E-state index in [0.717, 1.165) is 5.39 Å². The third-order valence-corrected chi connectivity index (χ3v) is 3.28. The van der Waals surface area contributed by atoms with E-state index in [-0.39, 0.29) is 30.9 Å². The van der Waals surface area contributed by atoms with Crippen LogP contribution < -0.4 is 10.1 Å². The molecule has 2 aromatic rings. The molecule has 1 aromatic heterocycles. The number of ether oxygens (including phenoxy) is 1. The highest BCUT2D eigenvalue weighted by Gasteiger charge is 2.14. The molecule has 0 saturated carbocycles. The van der Waals surface area contributed by atoms with Gasteiger partial charge < -0.3 is 19.4 Å². The zero-order chi connectivity index (χ0) is 17.0. The van der Waals surface area contributed by atoms with E-state index in [4.69, 9.17) is 9.15 Å². The maximum Gasteiger partial charge on any atom is 0.251 e. The van der Waals surface area contributed by atoms with Crippen LogP contribution in [-0.4, -0.2) is 43.5 Å². The second-order valence-corrected chi connectivity index (χ2v) is 5.77. The summed E-state index contributed by atoms with van der Waals surface area (Å²) in [7, 11) is 3.37. The molecule has 2 amide bonds. The van der Waals surface area contributed by atoms with Crippen molar-refractivity contribution < 1.29 is 18.7 Å². The van der Waals surface area contributed by atoms with Gasteiger partial charge in [0.25, 0.3) is 5.91 Å². The lowest BCUT2D eigenvalue weighted by molar-refractivity contribution is -0.128. The van der Waals surface area contributed by atoms with Crippen LogP contribution in [0, 0.1) is 0 Å². The predicted molar refractivity (Wildman–Crippen MR) is 87.6 cm³/mol. The van der Waals surface area contributed by atoms with E-state index in [1.54, 1.807) is 32.5 Å². The van der Waals surface area contributed by atoms with Crippen molar-refractivity contribution >= 4 is 22.8 Å². The first-order valence-corrected chi connectivity index (χ1v) is 7.54. The summed E-state index contributed by atoms with van der Waals surface area (Å²) in [5.41, 5.74) is 1.04. The zero-order valence-electron chi connectivity index (χ0n) is 13.9. The molecule has 0 aliphatic carbocycles. The Labute approximate surface area is 135 Å². The van der Waals surface area contributed by atoms with E-state index >= 15 is 0 Å². The van der Waals surface area contributed by atoms with Gasteiger partial charge in [0.2, 0.25) is 5.91 Å². The number of rotatable bonds is 6. The number of nitrogens with one attached hydrogen (secondary N) is 1. The Hall–Kier alpha value is -2.50. The number of fused-ring (bicyclic) bond motifs is 1. The van der Waals surface area contributed by atoms with Crippen molar-refractivity contribution in [3.8, 4) is 5.75 Å². The molecule has 124 valence electrons. The minimum Gasteiger partial charge on any atom is -0.490 e. The van der Waals surface area contributed by atoms with E-state index in [1.165, 1.54) is 4.90 Å². The molecule has 0 saturated heterocycles. The number of hydrogen-bond acceptors (Lipinski definition) is 4. The van der Waals surface area contributed by atoms with Gasteiger partial charge in [-0.05, 0) is 32.0 Å². The second kappa shape index (κ2) is 7.17. The summed E-state index contributed by atoms with van der Waals surface area (Å²) in [5.74, 6) is 0.319. The summed E-state index contributed by atoms with van der Waals surface area (Å²) >= 11 is 0. The smallest absolute Gasteiger partial charge is 0.251 e. The van der Waals surface area contributed by atoms with Crippen LogP contribution in [0.25, 0.3) is 11.0 Å². The fourth-order valence-electron chi connectivity index (χ4n) is 2.13. The minimum atomic E-state index is -0.261. The maximum absolute atomic E-state index is 12.3. The van der Waals surface area contributed by atoms with Crippen LogP contribution in [0.5, 0.6) is 5.75 Å². The Morgan fingerprint density at radius 2 is 2.04 bits per heavy atom. The van der Waals surface area contributed by atoms with Crippen LogP contribution in [-0.2, 0) is 4.79 Å². The van der Waals surface area contributed by atoms with Gasteiger partial charge in [-0.15, -0.1) is 0 Å². The number of furan rings is 1. The average molecular weight is 318 g/mol. The van der Waals surface area contributed by atoms with E-state index in [1.807, 2.05) is 19.9 Å². The van der Waals surface area contributed by atoms with Crippen LogP contribution in [0.15, 0.2) is 28.9 Å². The fourth-order valence-corrected chi connectivity index (χ4v) is 2.13. The molecule has 23 heavy (non-hydrogen) atoms. The number of hydrogen-bond donors (Lipinski definition) is 1. The summed E-state index contributed by atoms with van der Waals surface area (Å²) in [6, 6.07) is 5.18. The van der Waals surface area contributed by atoms with Gasteiger partial charge in [0, 0.05) is 32.6 Å². The van der Waals surface area contributed by atoms with E-state index in [2.05, 4.69) is 5.32 Å². The van der Waals surface area contributed by atoms with Crippen molar-refractivity contribution in [2.24, 2.45) is 0 Å². The third-order valence-electron chi connectivity index (χ3n) is 3.28. The largest absolute Gasteiger partial charge is 0.490 e. The van der Waals surface area contributed by atoms with Crippen molar-refractivity contribution in [2.75, 3.05) is 20.6 Å². The van der Waals surface area contributed by atoms with Crippen molar-refractivity contribution in [2.45, 2.75) is 26.4 Å². The van der Waals surface area contributed by atoms with Crippen LogP contribution in [0.1, 0.15) is 30.6 Å². The van der Waals surface area contributed by atoms with Gasteiger partial charge in [0.05, 0.1) is 17.8 Å². The predicted octanol–water partition coefficient (Wildman–Crippen LogP) is 2.43. The summed E-state index contributed by atoms with van der Waals surface area (Å²) in [6.45, 7) is 4.13. The van der Waals surface area contributed by atoms with Crippen molar-refractivity contribution in [3.63, 3.8) is 0 Å². The standard InChI is InChI=1S/C17H22N2O4/c1-11(2)23-15-10-12(9-14-13(15)6-8-22-14)17(21)18-7-5-16(20)19(3)4/h6,8-11H,5,7H2,1-4H3,(H,18,21). The first kappa shape index (κ1) is 16.9. The minimum absolute atomic E-state index is 0.0101. The van der Waals surface area contributed by atoms with E-state index in [9.17, 15) is 9.59 Å². The van der Waals surface area contributed by atoms with Crippen LogP contribution in [0.4, 0.5) is 0 Å². The van der Waals surface area contributed by atoms with E-state index in [0.29, 0.717) is 16.9 Å². The molecule has 0 unspecified atom stereocenters. The summed E-state index contributed by atoms with van der Waals surface area (Å²) in [5, 5.41) is 3.57. The van der Waals surface area contributed by atoms with Crippen molar-refractivity contribution in [1.82, 2.24) is 10.2 Å². The van der Waals surface area contributed by atoms with Gasteiger partial charge >= 0.3 is 0 Å². The van der Waals surface area contributed by atoms with Gasteiger partial charge in [-0.2, -0.15) is 0 Å². The van der Waals surface area contributed by atoms with Gasteiger partial charge in [-0.1, -0.05) is 0 Å². The highest BCUT2D eigenvalue weighted by Crippen LogP contribution is 2.29. The van der Waals surface area contributed by atoms with Crippen LogP contribution in [0.3, 0.4) is 0 Å². The normalized spacial score (nSPS) is 10.8. The Morgan fingerprint density at radius 1 is 1.30 bits per heavy atom. The summed E-state index contributed by atoms with van der Waals surface area (Å²) < 4.78 is 11.1. The lowest BCUT2D eigenvalue weighted by atomic mass is 10.1. The molecule has 0 aliphatic rings. The molecule has 1 N–H and O–H groups in total. The molecule has 6 nitrogen and oxygen atoms in total. The molecule has 2 rings (SSSR count). The number of amides is 2. The van der Waals surface area contributed by atoms with Crippen molar-refractivity contribution in [1.29, 1.82) is 0 Å². The molecule has 0 fully saturated rings. The molecule has 0 bridgehead atoms.